The van der Waals surface area contributed by atoms with Gasteiger partial charge in [0.1, 0.15) is 0 Å². The molecule has 1 fully saturated rings. The van der Waals surface area contributed by atoms with Gasteiger partial charge in [0.05, 0.1) is 5.75 Å². The fraction of sp³-hybridized carbons (Fsp3) is 1.00. The van der Waals surface area contributed by atoms with E-state index < -0.39 is 10.0 Å². The molecule has 1 heterocycles. The van der Waals surface area contributed by atoms with Gasteiger partial charge in [-0.05, 0) is 33.4 Å². The van der Waals surface area contributed by atoms with Crippen LogP contribution in [0.15, 0.2) is 0 Å². The Labute approximate surface area is 98.1 Å². The lowest BCUT2D eigenvalue weighted by atomic mass is 10.1. The Hall–Kier alpha value is -0.170. The minimum Gasteiger partial charge on any atom is -0.396 e. The van der Waals surface area contributed by atoms with E-state index in [9.17, 15) is 8.42 Å². The summed E-state index contributed by atoms with van der Waals surface area (Å²) in [5.74, 6) is 0.0656. The van der Waals surface area contributed by atoms with Crippen LogP contribution >= 0.6 is 0 Å². The molecule has 6 heteroatoms. The third kappa shape index (κ3) is 3.69. The molecule has 0 amide bonds. The molecule has 0 atom stereocenters. The Morgan fingerprint density at radius 3 is 2.31 bits per heavy atom. The van der Waals surface area contributed by atoms with Gasteiger partial charge in [-0.25, -0.2) is 12.7 Å². The summed E-state index contributed by atoms with van der Waals surface area (Å²) in [5, 5.41) is 8.65. The van der Waals surface area contributed by atoms with Gasteiger partial charge in [-0.2, -0.15) is 0 Å². The smallest absolute Gasteiger partial charge is 0.214 e. The second kappa shape index (κ2) is 5.95. The molecule has 96 valence electrons. The van der Waals surface area contributed by atoms with Crippen molar-refractivity contribution >= 4 is 10.0 Å². The van der Waals surface area contributed by atoms with Crippen molar-refractivity contribution in [1.82, 2.24) is 9.21 Å². The molecule has 1 aliphatic rings. The third-order valence-corrected chi connectivity index (χ3v) is 5.06. The van der Waals surface area contributed by atoms with Gasteiger partial charge in [-0.3, -0.25) is 0 Å². The van der Waals surface area contributed by atoms with Crippen LogP contribution < -0.4 is 0 Å². The van der Waals surface area contributed by atoms with Gasteiger partial charge in [0, 0.05) is 25.7 Å². The number of sulfonamides is 1. The van der Waals surface area contributed by atoms with Crippen LogP contribution in [-0.2, 0) is 10.0 Å². The van der Waals surface area contributed by atoms with Crippen LogP contribution in [0.4, 0.5) is 0 Å². The van der Waals surface area contributed by atoms with Crippen molar-refractivity contribution in [2.45, 2.75) is 25.3 Å². The molecular formula is C10H22N2O3S. The Morgan fingerprint density at radius 1 is 1.31 bits per heavy atom. The lowest BCUT2D eigenvalue weighted by Crippen LogP contribution is -2.45. The van der Waals surface area contributed by atoms with E-state index in [0.717, 1.165) is 12.8 Å². The molecule has 5 nitrogen and oxygen atoms in total. The van der Waals surface area contributed by atoms with Crippen LogP contribution in [-0.4, -0.2) is 68.3 Å². The van der Waals surface area contributed by atoms with E-state index in [0.29, 0.717) is 25.6 Å². The number of rotatable bonds is 5. The van der Waals surface area contributed by atoms with Gasteiger partial charge in [0.25, 0.3) is 0 Å². The van der Waals surface area contributed by atoms with Gasteiger partial charge < -0.3 is 10.0 Å². The van der Waals surface area contributed by atoms with Gasteiger partial charge in [-0.1, -0.05) is 0 Å². The first-order valence-corrected chi connectivity index (χ1v) is 7.33. The Morgan fingerprint density at radius 2 is 1.88 bits per heavy atom. The second-order valence-corrected chi connectivity index (χ2v) is 6.58. The zero-order valence-corrected chi connectivity index (χ0v) is 10.9. The van der Waals surface area contributed by atoms with E-state index in [2.05, 4.69) is 4.90 Å². The quantitative estimate of drug-likeness (QED) is 0.729. The predicted molar refractivity (Wildman–Crippen MR) is 63.8 cm³/mol. The molecule has 0 bridgehead atoms. The Balaban J connectivity index is 2.47. The largest absolute Gasteiger partial charge is 0.396 e. The minimum absolute atomic E-state index is 0.0621. The molecule has 1 aliphatic heterocycles. The van der Waals surface area contributed by atoms with Gasteiger partial charge in [0.2, 0.25) is 10.0 Å². The molecule has 0 radical (unpaired) electrons. The topological polar surface area (TPSA) is 60.9 Å². The van der Waals surface area contributed by atoms with Crippen molar-refractivity contribution in [3.63, 3.8) is 0 Å². The van der Waals surface area contributed by atoms with E-state index in [1.54, 1.807) is 4.31 Å². The number of hydrogen-bond donors (Lipinski definition) is 1. The van der Waals surface area contributed by atoms with E-state index in [1.807, 2.05) is 14.1 Å². The summed E-state index contributed by atoms with van der Waals surface area (Å²) >= 11 is 0. The first kappa shape index (κ1) is 13.9. The van der Waals surface area contributed by atoms with Gasteiger partial charge in [-0.15, -0.1) is 0 Å². The summed E-state index contributed by atoms with van der Waals surface area (Å²) in [6.45, 7) is 1.15. The highest BCUT2D eigenvalue weighted by molar-refractivity contribution is 7.89. The molecule has 16 heavy (non-hydrogen) atoms. The first-order chi connectivity index (χ1) is 7.47. The Bertz CT molecular complexity index is 295. The fourth-order valence-corrected chi connectivity index (χ4v) is 3.53. The maximum absolute atomic E-state index is 11.8. The molecule has 0 aromatic rings. The molecule has 0 aliphatic carbocycles. The number of aliphatic hydroxyl groups excluding tert-OH is 1. The number of hydrogen-bond acceptors (Lipinski definition) is 4. The van der Waals surface area contributed by atoms with E-state index in [1.165, 1.54) is 0 Å². The van der Waals surface area contributed by atoms with E-state index in [-0.39, 0.29) is 12.4 Å². The lowest BCUT2D eigenvalue weighted by Gasteiger charge is -2.34. The molecule has 0 aromatic carbocycles. The van der Waals surface area contributed by atoms with Crippen molar-refractivity contribution < 1.29 is 13.5 Å². The van der Waals surface area contributed by atoms with E-state index >= 15 is 0 Å². The van der Waals surface area contributed by atoms with Crippen LogP contribution in [0.5, 0.6) is 0 Å². The summed E-state index contributed by atoms with van der Waals surface area (Å²) in [6.07, 6.45) is 2.12. The minimum atomic E-state index is -3.14. The highest BCUT2D eigenvalue weighted by atomic mass is 32.2. The van der Waals surface area contributed by atoms with Crippen LogP contribution in [0, 0.1) is 0 Å². The van der Waals surface area contributed by atoms with Crippen molar-refractivity contribution in [2.24, 2.45) is 0 Å². The summed E-state index contributed by atoms with van der Waals surface area (Å²) in [4.78, 5) is 2.15. The van der Waals surface area contributed by atoms with Crippen molar-refractivity contribution in [3.05, 3.63) is 0 Å². The van der Waals surface area contributed by atoms with Crippen LogP contribution in [0.25, 0.3) is 0 Å². The van der Waals surface area contributed by atoms with E-state index in [4.69, 9.17) is 5.11 Å². The zero-order chi connectivity index (χ0) is 12.2. The summed E-state index contributed by atoms with van der Waals surface area (Å²) < 4.78 is 25.2. The van der Waals surface area contributed by atoms with Crippen LogP contribution in [0.3, 0.4) is 0 Å². The number of piperidine rings is 1. The van der Waals surface area contributed by atoms with Gasteiger partial charge in [0.15, 0.2) is 0 Å². The summed E-state index contributed by atoms with van der Waals surface area (Å²) in [6, 6.07) is 0.490. The highest BCUT2D eigenvalue weighted by Crippen LogP contribution is 2.17. The van der Waals surface area contributed by atoms with Crippen molar-refractivity contribution in [3.8, 4) is 0 Å². The predicted octanol–water partition coefficient (Wildman–Crippen LogP) is -0.275. The zero-order valence-electron chi connectivity index (χ0n) is 10.1. The molecule has 0 aromatic heterocycles. The third-order valence-electron chi connectivity index (χ3n) is 3.11. The summed E-state index contributed by atoms with van der Waals surface area (Å²) in [5.41, 5.74) is 0. The standard InChI is InChI=1S/C10H22N2O3S/c1-11(2)10-4-6-12(7-5-10)16(14,15)9-3-8-13/h10,13H,3-9H2,1-2H3. The van der Waals surface area contributed by atoms with Crippen LogP contribution in [0.1, 0.15) is 19.3 Å². The number of nitrogens with zero attached hydrogens (tertiary/aromatic N) is 2. The molecule has 1 saturated heterocycles. The first-order valence-electron chi connectivity index (χ1n) is 5.72. The Kier molecular flexibility index (Phi) is 5.17. The van der Waals surface area contributed by atoms with Crippen molar-refractivity contribution in [2.75, 3.05) is 39.5 Å². The number of aliphatic hydroxyl groups is 1. The molecule has 0 unspecified atom stereocenters. The highest BCUT2D eigenvalue weighted by Gasteiger charge is 2.28. The average molecular weight is 250 g/mol. The maximum atomic E-state index is 11.8. The lowest BCUT2D eigenvalue weighted by molar-refractivity contribution is 0.196. The molecule has 1 rings (SSSR count). The molecule has 0 spiro atoms. The summed E-state index contributed by atoms with van der Waals surface area (Å²) in [7, 11) is 0.917. The van der Waals surface area contributed by atoms with Crippen molar-refractivity contribution in [1.29, 1.82) is 0 Å². The molecular weight excluding hydrogens is 228 g/mol. The monoisotopic (exact) mass is 250 g/mol. The van der Waals surface area contributed by atoms with Crippen LogP contribution in [0.2, 0.25) is 0 Å². The second-order valence-electron chi connectivity index (χ2n) is 4.49. The molecule has 1 N–H and O–H groups in total. The normalized spacial score (nSPS) is 20.5. The fourth-order valence-electron chi connectivity index (χ4n) is 2.01. The molecule has 0 saturated carbocycles. The maximum Gasteiger partial charge on any atom is 0.214 e. The van der Waals surface area contributed by atoms with Gasteiger partial charge >= 0.3 is 0 Å². The SMILES string of the molecule is CN(C)C1CCN(S(=O)(=O)CCCO)CC1. The average Bonchev–Trinajstić information content (AvgIpc) is 2.26.